The lowest BCUT2D eigenvalue weighted by molar-refractivity contribution is 0.263. The molecule has 3 nitrogen and oxygen atoms in total. The summed E-state index contributed by atoms with van der Waals surface area (Å²) in [6.45, 7) is 4.68. The molecule has 110 valence electrons. The van der Waals surface area contributed by atoms with E-state index in [1.165, 1.54) is 37.1 Å². The molecule has 2 aromatic rings. The van der Waals surface area contributed by atoms with Crippen LogP contribution < -0.4 is 0 Å². The molecular formula is C18H22N2O. The lowest BCUT2D eigenvalue weighted by Crippen LogP contribution is -2.23. The van der Waals surface area contributed by atoms with Gasteiger partial charge in [0.2, 0.25) is 0 Å². The van der Waals surface area contributed by atoms with Crippen LogP contribution in [-0.2, 0) is 6.61 Å². The van der Waals surface area contributed by atoms with Crippen molar-refractivity contribution in [3.05, 3.63) is 53.9 Å². The highest BCUT2D eigenvalue weighted by atomic mass is 16.3. The van der Waals surface area contributed by atoms with Crippen LogP contribution in [0, 0.1) is 0 Å². The third-order valence-electron chi connectivity index (χ3n) is 4.37. The van der Waals surface area contributed by atoms with Gasteiger partial charge in [-0.1, -0.05) is 18.2 Å². The molecule has 3 rings (SSSR count). The van der Waals surface area contributed by atoms with Crippen LogP contribution >= 0.6 is 0 Å². The number of hydrogen-bond donors (Lipinski definition) is 1. The summed E-state index contributed by atoms with van der Waals surface area (Å²) < 4.78 is 0. The van der Waals surface area contributed by atoms with E-state index in [0.717, 1.165) is 5.56 Å². The second-order valence-corrected chi connectivity index (χ2v) is 5.74. The summed E-state index contributed by atoms with van der Waals surface area (Å²) >= 11 is 0. The number of rotatable bonds is 4. The molecule has 1 aromatic carbocycles. The first-order valence-electron chi connectivity index (χ1n) is 7.68. The second-order valence-electron chi connectivity index (χ2n) is 5.74. The summed E-state index contributed by atoms with van der Waals surface area (Å²) in [6.07, 6.45) is 4.39. The fourth-order valence-electron chi connectivity index (χ4n) is 3.06. The van der Waals surface area contributed by atoms with E-state index in [0.29, 0.717) is 11.7 Å². The Labute approximate surface area is 126 Å². The molecule has 0 aliphatic carbocycles. The maximum atomic E-state index is 9.23. The predicted octanol–water partition coefficient (Wildman–Crippen LogP) is 3.40. The Morgan fingerprint density at radius 2 is 1.90 bits per heavy atom. The number of benzene rings is 1. The van der Waals surface area contributed by atoms with E-state index in [2.05, 4.69) is 41.1 Å². The largest absolute Gasteiger partial charge is 0.390 e. The molecule has 0 spiro atoms. The summed E-state index contributed by atoms with van der Waals surface area (Å²) in [6, 6.07) is 13.1. The average Bonchev–Trinajstić information content (AvgIpc) is 3.09. The SMILES string of the molecule is C[C@@H](c1cccc(-c2ccnc(CO)c2)c1)N1CCCC1. The van der Waals surface area contributed by atoms with E-state index in [9.17, 15) is 5.11 Å². The van der Waals surface area contributed by atoms with E-state index in [-0.39, 0.29) is 6.61 Å². The smallest absolute Gasteiger partial charge is 0.0853 e. The Balaban J connectivity index is 1.88. The van der Waals surface area contributed by atoms with Crippen LogP contribution in [0.4, 0.5) is 0 Å². The molecule has 3 heteroatoms. The summed E-state index contributed by atoms with van der Waals surface area (Å²) in [5.74, 6) is 0. The molecule has 1 fully saturated rings. The number of aromatic nitrogens is 1. The summed E-state index contributed by atoms with van der Waals surface area (Å²) in [5.41, 5.74) is 4.38. The lowest BCUT2D eigenvalue weighted by atomic mass is 9.99. The van der Waals surface area contributed by atoms with Gasteiger partial charge in [0, 0.05) is 12.2 Å². The van der Waals surface area contributed by atoms with E-state index in [1.54, 1.807) is 6.20 Å². The minimum Gasteiger partial charge on any atom is -0.390 e. The van der Waals surface area contributed by atoms with Crippen molar-refractivity contribution in [3.63, 3.8) is 0 Å². The number of likely N-dealkylation sites (tertiary alicyclic amines) is 1. The fourth-order valence-corrected chi connectivity index (χ4v) is 3.06. The summed E-state index contributed by atoms with van der Waals surface area (Å²) in [4.78, 5) is 6.69. The van der Waals surface area contributed by atoms with Crippen molar-refractivity contribution in [2.45, 2.75) is 32.4 Å². The first kappa shape index (κ1) is 14.2. The molecule has 1 N–H and O–H groups in total. The van der Waals surface area contributed by atoms with Crippen LogP contribution in [0.3, 0.4) is 0 Å². The molecule has 1 aliphatic heterocycles. The highest BCUT2D eigenvalue weighted by molar-refractivity contribution is 5.64. The van der Waals surface area contributed by atoms with Crippen molar-refractivity contribution in [1.82, 2.24) is 9.88 Å². The molecule has 1 aromatic heterocycles. The zero-order valence-electron chi connectivity index (χ0n) is 12.5. The van der Waals surface area contributed by atoms with Gasteiger partial charge in [-0.25, -0.2) is 0 Å². The normalized spacial score (nSPS) is 17.0. The van der Waals surface area contributed by atoms with Crippen LogP contribution in [0.5, 0.6) is 0 Å². The number of aliphatic hydroxyl groups excluding tert-OH is 1. The molecule has 0 amide bonds. The molecule has 2 heterocycles. The summed E-state index contributed by atoms with van der Waals surface area (Å²) in [5, 5.41) is 9.23. The Morgan fingerprint density at radius 1 is 1.14 bits per heavy atom. The van der Waals surface area contributed by atoms with Crippen molar-refractivity contribution >= 4 is 0 Å². The van der Waals surface area contributed by atoms with Gasteiger partial charge in [0.25, 0.3) is 0 Å². The highest BCUT2D eigenvalue weighted by Crippen LogP contribution is 2.28. The van der Waals surface area contributed by atoms with Crippen molar-refractivity contribution in [2.24, 2.45) is 0 Å². The minimum absolute atomic E-state index is 0.0162. The maximum Gasteiger partial charge on any atom is 0.0853 e. The fraction of sp³-hybridized carbons (Fsp3) is 0.389. The van der Waals surface area contributed by atoms with Crippen molar-refractivity contribution < 1.29 is 5.11 Å². The minimum atomic E-state index is -0.0162. The van der Waals surface area contributed by atoms with Crippen LogP contribution in [0.15, 0.2) is 42.6 Å². The Bertz CT molecular complexity index is 606. The molecule has 0 radical (unpaired) electrons. The van der Waals surface area contributed by atoms with Crippen molar-refractivity contribution in [1.29, 1.82) is 0 Å². The lowest BCUT2D eigenvalue weighted by Gasteiger charge is -2.24. The van der Waals surface area contributed by atoms with Gasteiger partial charge >= 0.3 is 0 Å². The second kappa shape index (κ2) is 6.37. The number of hydrogen-bond acceptors (Lipinski definition) is 3. The van der Waals surface area contributed by atoms with Gasteiger partial charge in [-0.05, 0) is 67.7 Å². The van der Waals surface area contributed by atoms with Crippen LogP contribution in [0.1, 0.15) is 37.1 Å². The zero-order chi connectivity index (χ0) is 14.7. The summed E-state index contributed by atoms with van der Waals surface area (Å²) in [7, 11) is 0. The van der Waals surface area contributed by atoms with Gasteiger partial charge in [-0.2, -0.15) is 0 Å². The first-order chi connectivity index (χ1) is 10.3. The van der Waals surface area contributed by atoms with E-state index >= 15 is 0 Å². The van der Waals surface area contributed by atoms with Crippen LogP contribution in [-0.4, -0.2) is 28.1 Å². The third-order valence-corrected chi connectivity index (χ3v) is 4.37. The Kier molecular flexibility index (Phi) is 4.32. The molecular weight excluding hydrogens is 260 g/mol. The predicted molar refractivity (Wildman–Crippen MR) is 84.8 cm³/mol. The zero-order valence-corrected chi connectivity index (χ0v) is 12.5. The molecule has 0 saturated carbocycles. The van der Waals surface area contributed by atoms with Gasteiger partial charge in [-0.15, -0.1) is 0 Å². The topological polar surface area (TPSA) is 36.4 Å². The van der Waals surface area contributed by atoms with Crippen LogP contribution in [0.2, 0.25) is 0 Å². The van der Waals surface area contributed by atoms with E-state index < -0.39 is 0 Å². The quantitative estimate of drug-likeness (QED) is 0.933. The van der Waals surface area contributed by atoms with Crippen molar-refractivity contribution in [3.8, 4) is 11.1 Å². The first-order valence-corrected chi connectivity index (χ1v) is 7.68. The average molecular weight is 282 g/mol. The molecule has 1 atom stereocenters. The molecule has 0 bridgehead atoms. The Hall–Kier alpha value is -1.71. The molecule has 1 aliphatic rings. The Morgan fingerprint density at radius 3 is 2.67 bits per heavy atom. The van der Waals surface area contributed by atoms with Gasteiger partial charge in [0.1, 0.15) is 0 Å². The van der Waals surface area contributed by atoms with E-state index in [1.807, 2.05) is 12.1 Å². The maximum absolute atomic E-state index is 9.23. The van der Waals surface area contributed by atoms with Gasteiger partial charge < -0.3 is 5.11 Å². The molecule has 1 saturated heterocycles. The van der Waals surface area contributed by atoms with Gasteiger partial charge in [0.05, 0.1) is 12.3 Å². The van der Waals surface area contributed by atoms with Gasteiger partial charge in [0.15, 0.2) is 0 Å². The van der Waals surface area contributed by atoms with Crippen molar-refractivity contribution in [2.75, 3.05) is 13.1 Å². The molecule has 21 heavy (non-hydrogen) atoms. The highest BCUT2D eigenvalue weighted by Gasteiger charge is 2.19. The van der Waals surface area contributed by atoms with E-state index in [4.69, 9.17) is 0 Å². The standard InChI is InChI=1S/C18H22N2O/c1-14(20-9-2-3-10-20)15-5-4-6-16(11-15)17-7-8-19-18(12-17)13-21/h4-8,11-12,14,21H,2-3,9-10,13H2,1H3/t14-/m0/s1. The third kappa shape index (κ3) is 3.14. The number of aliphatic hydroxyl groups is 1. The molecule has 0 unspecified atom stereocenters. The number of nitrogens with zero attached hydrogens (tertiary/aromatic N) is 2. The van der Waals surface area contributed by atoms with Gasteiger partial charge in [-0.3, -0.25) is 9.88 Å². The monoisotopic (exact) mass is 282 g/mol. The van der Waals surface area contributed by atoms with Crippen LogP contribution in [0.25, 0.3) is 11.1 Å². The number of pyridine rings is 1.